The Morgan fingerprint density at radius 1 is 1.42 bits per heavy atom. The summed E-state index contributed by atoms with van der Waals surface area (Å²) in [6.07, 6.45) is -0.634. The smallest absolute Gasteiger partial charge is 0.328 e. The number of ketones is 1. The van der Waals surface area contributed by atoms with Crippen molar-refractivity contribution in [2.75, 3.05) is 7.11 Å². The van der Waals surface area contributed by atoms with Gasteiger partial charge < -0.3 is 20.2 Å². The molecule has 0 unspecified atom stereocenters. The van der Waals surface area contributed by atoms with Gasteiger partial charge in [-0.1, -0.05) is 0 Å². The van der Waals surface area contributed by atoms with E-state index in [0.29, 0.717) is 11.9 Å². The van der Waals surface area contributed by atoms with Crippen LogP contribution in [0.4, 0.5) is 0 Å². The maximum absolute atomic E-state index is 12.4. The van der Waals surface area contributed by atoms with Gasteiger partial charge in [0.15, 0.2) is 11.9 Å². The van der Waals surface area contributed by atoms with Crippen LogP contribution in [0, 0.1) is 5.41 Å². The standard InChI is InChI=1S/C15H21N3O5S/c1-9(2)23-15(21)11(5-4-10(19)6-16)18-14(20)13(22-3)12-7-24-8-17-12/h6-9,11,13,16H,4-5H2,1-3H3,(H,18,20)/t11-,13+/m0/s1. The van der Waals surface area contributed by atoms with E-state index >= 15 is 0 Å². The van der Waals surface area contributed by atoms with Crippen LogP contribution in [0.5, 0.6) is 0 Å². The fourth-order valence-corrected chi connectivity index (χ4v) is 2.45. The molecule has 0 aliphatic heterocycles. The molecular weight excluding hydrogens is 334 g/mol. The Balaban J connectivity index is 2.81. The van der Waals surface area contributed by atoms with Crippen molar-refractivity contribution >= 4 is 35.2 Å². The zero-order valence-electron chi connectivity index (χ0n) is 13.8. The van der Waals surface area contributed by atoms with Crippen molar-refractivity contribution in [3.8, 4) is 0 Å². The minimum atomic E-state index is -1.000. The number of rotatable bonds is 10. The third kappa shape index (κ3) is 6.17. The second-order valence-electron chi connectivity index (χ2n) is 5.23. The zero-order chi connectivity index (χ0) is 18.1. The second-order valence-corrected chi connectivity index (χ2v) is 5.94. The van der Waals surface area contributed by atoms with E-state index < -0.39 is 29.8 Å². The van der Waals surface area contributed by atoms with Gasteiger partial charge in [-0.25, -0.2) is 9.78 Å². The van der Waals surface area contributed by atoms with Crippen LogP contribution in [0.25, 0.3) is 0 Å². The lowest BCUT2D eigenvalue weighted by atomic mass is 10.1. The maximum atomic E-state index is 12.4. The summed E-state index contributed by atoms with van der Waals surface area (Å²) in [6.45, 7) is 3.37. The van der Waals surface area contributed by atoms with Crippen molar-refractivity contribution in [1.29, 1.82) is 5.41 Å². The summed E-state index contributed by atoms with van der Waals surface area (Å²) in [6, 6.07) is -1.000. The van der Waals surface area contributed by atoms with Gasteiger partial charge in [-0.3, -0.25) is 9.59 Å². The first kappa shape index (κ1) is 19.9. The number of hydrogen-bond acceptors (Lipinski definition) is 8. The third-order valence-electron chi connectivity index (χ3n) is 2.99. The lowest BCUT2D eigenvalue weighted by Crippen LogP contribution is -2.45. The molecule has 0 aliphatic carbocycles. The number of thiazole rings is 1. The van der Waals surface area contributed by atoms with Crippen LogP contribution in [-0.4, -0.2) is 48.1 Å². The predicted octanol–water partition coefficient (Wildman–Crippen LogP) is 1.27. The Labute approximate surface area is 144 Å². The van der Waals surface area contributed by atoms with Crippen LogP contribution in [0.15, 0.2) is 10.9 Å². The molecule has 9 heteroatoms. The molecule has 0 radical (unpaired) electrons. The van der Waals surface area contributed by atoms with E-state index in [4.69, 9.17) is 14.9 Å². The lowest BCUT2D eigenvalue weighted by Gasteiger charge is -2.21. The first-order valence-corrected chi connectivity index (χ1v) is 8.28. The number of carbonyl (C=O) groups is 3. The molecule has 0 saturated heterocycles. The number of nitrogens with zero attached hydrogens (tertiary/aromatic N) is 1. The summed E-state index contributed by atoms with van der Waals surface area (Å²) in [5.41, 5.74) is 2.01. The molecule has 1 rings (SSSR count). The number of ether oxygens (including phenoxy) is 2. The normalized spacial score (nSPS) is 13.2. The molecule has 132 valence electrons. The van der Waals surface area contributed by atoms with Gasteiger partial charge in [0, 0.05) is 18.9 Å². The van der Waals surface area contributed by atoms with Gasteiger partial charge in [0.2, 0.25) is 0 Å². The molecule has 1 amide bonds. The molecule has 2 atom stereocenters. The fraction of sp³-hybridized carbons (Fsp3) is 0.533. The van der Waals surface area contributed by atoms with Crippen LogP contribution in [0.2, 0.25) is 0 Å². The molecule has 24 heavy (non-hydrogen) atoms. The molecular formula is C15H21N3O5S. The maximum Gasteiger partial charge on any atom is 0.328 e. The highest BCUT2D eigenvalue weighted by Crippen LogP contribution is 2.17. The van der Waals surface area contributed by atoms with E-state index in [9.17, 15) is 14.4 Å². The number of esters is 1. The van der Waals surface area contributed by atoms with Crippen LogP contribution in [-0.2, 0) is 23.9 Å². The van der Waals surface area contributed by atoms with Crippen molar-refractivity contribution in [3.05, 3.63) is 16.6 Å². The lowest BCUT2D eigenvalue weighted by molar-refractivity contribution is -0.152. The molecule has 0 saturated carbocycles. The third-order valence-corrected chi connectivity index (χ3v) is 3.59. The second kappa shape index (κ2) is 9.89. The van der Waals surface area contributed by atoms with Crippen LogP contribution < -0.4 is 5.32 Å². The topological polar surface area (TPSA) is 118 Å². The fourth-order valence-electron chi connectivity index (χ4n) is 1.88. The number of hydrogen-bond donors (Lipinski definition) is 2. The largest absolute Gasteiger partial charge is 0.461 e. The molecule has 0 aliphatic rings. The molecule has 1 heterocycles. The van der Waals surface area contributed by atoms with Gasteiger partial charge in [0.1, 0.15) is 6.04 Å². The van der Waals surface area contributed by atoms with E-state index in [1.807, 2.05) is 0 Å². The Bertz CT molecular complexity index is 574. The Morgan fingerprint density at radius 2 is 2.12 bits per heavy atom. The quantitative estimate of drug-likeness (QED) is 0.482. The predicted molar refractivity (Wildman–Crippen MR) is 88.0 cm³/mol. The molecule has 0 spiro atoms. The van der Waals surface area contributed by atoms with Crippen LogP contribution in [0.3, 0.4) is 0 Å². The van der Waals surface area contributed by atoms with Crippen molar-refractivity contribution < 1.29 is 23.9 Å². The summed E-state index contributed by atoms with van der Waals surface area (Å²) in [5, 5.41) is 11.1. The molecule has 0 aromatic carbocycles. The molecule has 0 fully saturated rings. The Kier molecular flexibility index (Phi) is 8.20. The van der Waals surface area contributed by atoms with Gasteiger partial charge in [-0.15, -0.1) is 11.3 Å². The highest BCUT2D eigenvalue weighted by Gasteiger charge is 2.29. The summed E-state index contributed by atoms with van der Waals surface area (Å²) >= 11 is 1.32. The summed E-state index contributed by atoms with van der Waals surface area (Å²) < 4.78 is 10.2. The van der Waals surface area contributed by atoms with Gasteiger partial charge in [0.05, 0.1) is 23.5 Å². The summed E-state index contributed by atoms with van der Waals surface area (Å²) in [7, 11) is 1.36. The van der Waals surface area contributed by atoms with Gasteiger partial charge in [-0.2, -0.15) is 0 Å². The van der Waals surface area contributed by atoms with E-state index in [-0.39, 0.29) is 18.9 Å². The first-order chi connectivity index (χ1) is 11.4. The highest BCUT2D eigenvalue weighted by molar-refractivity contribution is 7.07. The highest BCUT2D eigenvalue weighted by atomic mass is 32.1. The van der Waals surface area contributed by atoms with E-state index in [1.54, 1.807) is 24.7 Å². The zero-order valence-corrected chi connectivity index (χ0v) is 14.6. The van der Waals surface area contributed by atoms with E-state index in [0.717, 1.165) is 0 Å². The number of aromatic nitrogens is 1. The van der Waals surface area contributed by atoms with Crippen molar-refractivity contribution in [2.24, 2.45) is 0 Å². The van der Waals surface area contributed by atoms with Crippen LogP contribution in [0.1, 0.15) is 38.5 Å². The number of amides is 1. The number of methoxy groups -OCH3 is 1. The minimum Gasteiger partial charge on any atom is -0.461 e. The minimum absolute atomic E-state index is 0.0407. The van der Waals surface area contributed by atoms with Crippen molar-refractivity contribution in [3.63, 3.8) is 0 Å². The first-order valence-electron chi connectivity index (χ1n) is 7.34. The number of carbonyl (C=O) groups excluding carboxylic acids is 3. The summed E-state index contributed by atoms with van der Waals surface area (Å²) in [5.74, 6) is -1.62. The molecule has 2 N–H and O–H groups in total. The monoisotopic (exact) mass is 355 g/mol. The van der Waals surface area contributed by atoms with Crippen molar-refractivity contribution in [1.82, 2.24) is 10.3 Å². The molecule has 1 aromatic heterocycles. The van der Waals surface area contributed by atoms with E-state index in [2.05, 4.69) is 10.3 Å². The Morgan fingerprint density at radius 3 is 2.62 bits per heavy atom. The van der Waals surface area contributed by atoms with Gasteiger partial charge >= 0.3 is 5.97 Å². The van der Waals surface area contributed by atoms with Gasteiger partial charge in [0.25, 0.3) is 5.91 Å². The summed E-state index contributed by atoms with van der Waals surface area (Å²) in [4.78, 5) is 39.8. The molecule has 1 aromatic rings. The van der Waals surface area contributed by atoms with Crippen LogP contribution >= 0.6 is 11.3 Å². The number of Topliss-reactive ketones (excluding diaryl/α,β-unsaturated/α-hetero) is 1. The molecule has 8 nitrogen and oxygen atoms in total. The average molecular weight is 355 g/mol. The van der Waals surface area contributed by atoms with E-state index in [1.165, 1.54) is 18.4 Å². The SMILES string of the molecule is CO[C@@H](C(=O)N[C@@H](CCC(=O)C=N)C(=O)OC(C)C)c1cscn1. The van der Waals surface area contributed by atoms with Crippen molar-refractivity contribution in [2.45, 2.75) is 44.9 Å². The van der Waals surface area contributed by atoms with Gasteiger partial charge in [-0.05, 0) is 20.3 Å². The molecule has 0 bridgehead atoms. The number of nitrogens with one attached hydrogen (secondary N) is 2. The Hall–Kier alpha value is -2.13. The average Bonchev–Trinajstić information content (AvgIpc) is 3.05.